The zero-order valence-corrected chi connectivity index (χ0v) is 12.7. The number of hydrogen-bond donors (Lipinski definition) is 1. The number of rotatable bonds is 5. The topological polar surface area (TPSA) is 80.5 Å². The molecule has 0 aliphatic carbocycles. The van der Waals surface area contributed by atoms with Crippen LogP contribution in [-0.2, 0) is 4.74 Å². The van der Waals surface area contributed by atoms with E-state index >= 15 is 0 Å². The molecule has 0 aromatic carbocycles. The van der Waals surface area contributed by atoms with E-state index in [1.807, 2.05) is 4.90 Å². The summed E-state index contributed by atoms with van der Waals surface area (Å²) >= 11 is 0. The Kier molecular flexibility index (Phi) is 4.72. The van der Waals surface area contributed by atoms with Crippen molar-refractivity contribution < 1.29 is 9.66 Å². The molecule has 7 heteroatoms. The second-order valence-corrected chi connectivity index (χ2v) is 5.93. The minimum absolute atomic E-state index is 0.0958. The van der Waals surface area contributed by atoms with E-state index in [-0.39, 0.29) is 10.6 Å². The average Bonchev–Trinajstić information content (AvgIpc) is 3.08. The molecule has 7 nitrogen and oxygen atoms in total. The van der Waals surface area contributed by atoms with E-state index in [1.165, 1.54) is 0 Å². The fourth-order valence-electron chi connectivity index (χ4n) is 3.04. The van der Waals surface area contributed by atoms with Gasteiger partial charge in [0.05, 0.1) is 4.92 Å². The minimum Gasteiger partial charge on any atom is -0.381 e. The highest BCUT2D eigenvalue weighted by molar-refractivity contribution is 5.62. The lowest BCUT2D eigenvalue weighted by Gasteiger charge is -2.23. The largest absolute Gasteiger partial charge is 0.381 e. The number of aromatic nitrogens is 1. The molecule has 1 aromatic rings. The van der Waals surface area contributed by atoms with Crippen LogP contribution in [0.5, 0.6) is 0 Å². The lowest BCUT2D eigenvalue weighted by Crippen LogP contribution is -2.24. The molecule has 0 bridgehead atoms. The molecule has 2 fully saturated rings. The van der Waals surface area contributed by atoms with Crippen LogP contribution in [0.4, 0.5) is 17.3 Å². The third-order valence-corrected chi connectivity index (χ3v) is 4.37. The van der Waals surface area contributed by atoms with Crippen LogP contribution in [0.3, 0.4) is 0 Å². The van der Waals surface area contributed by atoms with Crippen molar-refractivity contribution in [2.24, 2.45) is 5.92 Å². The van der Waals surface area contributed by atoms with Gasteiger partial charge in [0.1, 0.15) is 5.82 Å². The van der Waals surface area contributed by atoms with Crippen molar-refractivity contribution in [3.05, 3.63) is 22.2 Å². The summed E-state index contributed by atoms with van der Waals surface area (Å²) in [5.41, 5.74) is 0.0958. The Bertz CT molecular complexity index is 526. The van der Waals surface area contributed by atoms with Gasteiger partial charge in [-0.1, -0.05) is 0 Å². The van der Waals surface area contributed by atoms with Crippen molar-refractivity contribution in [3.8, 4) is 0 Å². The van der Waals surface area contributed by atoms with E-state index in [4.69, 9.17) is 4.74 Å². The van der Waals surface area contributed by atoms with Gasteiger partial charge < -0.3 is 15.0 Å². The highest BCUT2D eigenvalue weighted by atomic mass is 16.6. The third kappa shape index (κ3) is 3.47. The maximum atomic E-state index is 11.2. The van der Waals surface area contributed by atoms with E-state index < -0.39 is 0 Å². The molecule has 1 N–H and O–H groups in total. The zero-order chi connectivity index (χ0) is 15.4. The van der Waals surface area contributed by atoms with Gasteiger partial charge in [0, 0.05) is 38.9 Å². The Labute approximate surface area is 129 Å². The number of nitrogens with one attached hydrogen (secondary N) is 1. The molecular formula is C15H22N4O3. The molecule has 0 radical (unpaired) electrons. The van der Waals surface area contributed by atoms with E-state index in [1.54, 1.807) is 12.1 Å². The van der Waals surface area contributed by atoms with E-state index in [0.717, 1.165) is 64.3 Å². The SMILES string of the molecule is O=[N+]([O-])c1ccc(NCC2CCOCC2)nc1N1CCCC1. The summed E-state index contributed by atoms with van der Waals surface area (Å²) in [7, 11) is 0. The molecule has 22 heavy (non-hydrogen) atoms. The van der Waals surface area contributed by atoms with Crippen LogP contribution >= 0.6 is 0 Å². The second-order valence-electron chi connectivity index (χ2n) is 5.93. The normalized spacial score (nSPS) is 19.4. The molecule has 0 atom stereocenters. The van der Waals surface area contributed by atoms with Crippen LogP contribution in [0.2, 0.25) is 0 Å². The van der Waals surface area contributed by atoms with E-state index in [9.17, 15) is 10.1 Å². The maximum absolute atomic E-state index is 11.2. The van der Waals surface area contributed by atoms with Crippen molar-refractivity contribution in [1.29, 1.82) is 0 Å². The number of hydrogen-bond acceptors (Lipinski definition) is 6. The first-order valence-electron chi connectivity index (χ1n) is 7.96. The molecule has 120 valence electrons. The molecule has 2 aliphatic heterocycles. The van der Waals surface area contributed by atoms with Crippen LogP contribution in [-0.4, -0.2) is 42.8 Å². The van der Waals surface area contributed by atoms with Gasteiger partial charge in [-0.25, -0.2) is 4.98 Å². The van der Waals surface area contributed by atoms with Gasteiger partial charge in [-0.05, 0) is 37.7 Å². The molecule has 0 amide bonds. The van der Waals surface area contributed by atoms with Gasteiger partial charge in [0.25, 0.3) is 0 Å². The summed E-state index contributed by atoms with van der Waals surface area (Å²) in [5, 5.41) is 14.5. The summed E-state index contributed by atoms with van der Waals surface area (Å²) in [6.07, 6.45) is 4.25. The summed E-state index contributed by atoms with van der Waals surface area (Å²) in [5.74, 6) is 1.81. The number of nitrogens with zero attached hydrogens (tertiary/aromatic N) is 3. The molecule has 3 heterocycles. The number of nitro groups is 1. The molecule has 1 aromatic heterocycles. The number of pyridine rings is 1. The number of anilines is 2. The lowest BCUT2D eigenvalue weighted by molar-refractivity contribution is -0.384. The van der Waals surface area contributed by atoms with Gasteiger partial charge in [-0.3, -0.25) is 10.1 Å². The fourth-order valence-corrected chi connectivity index (χ4v) is 3.04. The molecule has 0 unspecified atom stereocenters. The summed E-state index contributed by atoms with van der Waals surface area (Å²) in [6.45, 7) is 4.17. The fraction of sp³-hybridized carbons (Fsp3) is 0.667. The highest BCUT2D eigenvalue weighted by Crippen LogP contribution is 2.30. The van der Waals surface area contributed by atoms with Gasteiger partial charge >= 0.3 is 5.69 Å². The van der Waals surface area contributed by atoms with E-state index in [2.05, 4.69) is 10.3 Å². The van der Waals surface area contributed by atoms with Crippen molar-refractivity contribution in [1.82, 2.24) is 4.98 Å². The van der Waals surface area contributed by atoms with Crippen LogP contribution in [0.15, 0.2) is 12.1 Å². The smallest absolute Gasteiger partial charge is 0.311 e. The first kappa shape index (κ1) is 15.0. The van der Waals surface area contributed by atoms with Gasteiger partial charge in [-0.2, -0.15) is 0 Å². The Morgan fingerprint density at radius 1 is 1.32 bits per heavy atom. The van der Waals surface area contributed by atoms with Crippen molar-refractivity contribution in [3.63, 3.8) is 0 Å². The molecule has 0 saturated carbocycles. The van der Waals surface area contributed by atoms with Gasteiger partial charge in [-0.15, -0.1) is 0 Å². The van der Waals surface area contributed by atoms with Crippen LogP contribution in [0, 0.1) is 16.0 Å². The van der Waals surface area contributed by atoms with Gasteiger partial charge in [0.2, 0.25) is 5.82 Å². The van der Waals surface area contributed by atoms with Crippen molar-refractivity contribution in [2.45, 2.75) is 25.7 Å². The van der Waals surface area contributed by atoms with Crippen molar-refractivity contribution in [2.75, 3.05) is 43.1 Å². The second kappa shape index (κ2) is 6.91. The molecule has 2 saturated heterocycles. The Morgan fingerprint density at radius 2 is 2.05 bits per heavy atom. The molecule has 0 spiro atoms. The van der Waals surface area contributed by atoms with Crippen LogP contribution in [0.1, 0.15) is 25.7 Å². The highest BCUT2D eigenvalue weighted by Gasteiger charge is 2.24. The van der Waals surface area contributed by atoms with Crippen LogP contribution < -0.4 is 10.2 Å². The quantitative estimate of drug-likeness (QED) is 0.664. The van der Waals surface area contributed by atoms with Gasteiger partial charge in [0.15, 0.2) is 0 Å². The minimum atomic E-state index is -0.344. The summed E-state index contributed by atoms with van der Waals surface area (Å²) in [6, 6.07) is 3.27. The predicted molar refractivity (Wildman–Crippen MR) is 84.4 cm³/mol. The summed E-state index contributed by atoms with van der Waals surface area (Å²) < 4.78 is 5.36. The Morgan fingerprint density at radius 3 is 2.73 bits per heavy atom. The molecule has 2 aliphatic rings. The summed E-state index contributed by atoms with van der Waals surface area (Å²) in [4.78, 5) is 17.4. The standard InChI is InChI=1S/C15H22N4O3/c20-19(21)13-3-4-14(16-11-12-5-9-22-10-6-12)17-15(13)18-7-1-2-8-18/h3-4,12H,1-2,5-11H2,(H,16,17). The first-order chi connectivity index (χ1) is 10.7. The Hall–Kier alpha value is -1.89. The third-order valence-electron chi connectivity index (χ3n) is 4.37. The van der Waals surface area contributed by atoms with E-state index in [0.29, 0.717) is 11.7 Å². The average molecular weight is 306 g/mol. The maximum Gasteiger partial charge on any atom is 0.311 e. The number of ether oxygens (including phenoxy) is 1. The first-order valence-corrected chi connectivity index (χ1v) is 7.96. The Balaban J connectivity index is 1.71. The monoisotopic (exact) mass is 306 g/mol. The van der Waals surface area contributed by atoms with Crippen LogP contribution in [0.25, 0.3) is 0 Å². The van der Waals surface area contributed by atoms with Crippen molar-refractivity contribution >= 4 is 17.3 Å². The lowest BCUT2D eigenvalue weighted by atomic mass is 10.0. The molecule has 3 rings (SSSR count). The zero-order valence-electron chi connectivity index (χ0n) is 12.7. The predicted octanol–water partition coefficient (Wildman–Crippen LogP) is 2.43. The molecular weight excluding hydrogens is 284 g/mol.